The van der Waals surface area contributed by atoms with Crippen LogP contribution in [0.25, 0.3) is 0 Å². The molecule has 138 valence electrons. The van der Waals surface area contributed by atoms with Gasteiger partial charge >= 0.3 is 0 Å². The Morgan fingerprint density at radius 2 is 1.58 bits per heavy atom. The summed E-state index contributed by atoms with van der Waals surface area (Å²) in [6.45, 7) is 8.83. The number of ketones is 1. The predicted octanol–water partition coefficient (Wildman–Crippen LogP) is 2.88. The first-order chi connectivity index (χ1) is 12.8. The van der Waals surface area contributed by atoms with Crippen molar-refractivity contribution in [1.82, 2.24) is 5.31 Å². The molecule has 0 saturated carbocycles. The normalized spacial score (nSPS) is 22.2. The lowest BCUT2D eigenvalue weighted by Crippen LogP contribution is -2.68. The summed E-state index contributed by atoms with van der Waals surface area (Å²) in [4.78, 5) is 12.2. The van der Waals surface area contributed by atoms with Gasteiger partial charge in [-0.15, -0.1) is 0 Å². The van der Waals surface area contributed by atoms with E-state index in [1.165, 1.54) is 15.7 Å². The third kappa shape index (κ3) is 3.41. The molecule has 3 rings (SSSR count). The Bertz CT molecular complexity index is 736. The molecule has 0 spiro atoms. The minimum Gasteiger partial charge on any atom is -0.402 e. The van der Waals surface area contributed by atoms with Gasteiger partial charge < -0.3 is 9.74 Å². The molecule has 2 atom stereocenters. The molecule has 26 heavy (non-hydrogen) atoms. The summed E-state index contributed by atoms with van der Waals surface area (Å²) in [7, 11) is -2.69. The molecule has 1 aliphatic rings. The van der Waals surface area contributed by atoms with E-state index in [1.54, 1.807) is 6.92 Å². The third-order valence-corrected chi connectivity index (χ3v) is 10.3. The number of benzene rings is 2. The number of nitrogens with one attached hydrogen (secondary N) is 1. The van der Waals surface area contributed by atoms with E-state index in [-0.39, 0.29) is 16.9 Å². The van der Waals surface area contributed by atoms with E-state index >= 15 is 0 Å². The molecule has 0 radical (unpaired) electrons. The predicted molar refractivity (Wildman–Crippen MR) is 110 cm³/mol. The van der Waals surface area contributed by atoms with E-state index in [1.807, 2.05) is 12.1 Å². The van der Waals surface area contributed by atoms with Gasteiger partial charge in [0, 0.05) is 0 Å². The first-order valence-corrected chi connectivity index (χ1v) is 11.2. The molecule has 0 amide bonds. The smallest absolute Gasteiger partial charge is 0.261 e. The van der Waals surface area contributed by atoms with Crippen molar-refractivity contribution < 1.29 is 10.6 Å². The molecule has 0 aliphatic carbocycles. The van der Waals surface area contributed by atoms with E-state index < -0.39 is 14.4 Å². The topological polar surface area (TPSA) is 38.3 Å². The summed E-state index contributed by atoms with van der Waals surface area (Å²) >= 11 is 0. The van der Waals surface area contributed by atoms with Crippen molar-refractivity contribution >= 4 is 24.5 Å². The molecule has 0 bridgehead atoms. The molecule has 0 aromatic heterocycles. The molecule has 2 aromatic rings. The van der Waals surface area contributed by atoms with Crippen LogP contribution in [0, 0.1) is 0 Å². The van der Waals surface area contributed by atoms with Crippen LogP contribution in [0.2, 0.25) is 6.45 Å². The zero-order valence-electron chi connectivity index (χ0n) is 17.1. The van der Waals surface area contributed by atoms with Gasteiger partial charge in [0.2, 0.25) is 0 Å². The Balaban J connectivity index is 2.17. The summed E-state index contributed by atoms with van der Waals surface area (Å²) in [5.41, 5.74) is 0. The zero-order valence-corrected chi connectivity index (χ0v) is 17.1. The van der Waals surface area contributed by atoms with Crippen LogP contribution in [0.4, 0.5) is 0 Å². The average Bonchev–Trinajstić information content (AvgIpc) is 3.00. The maximum absolute atomic E-state index is 12.2. The standard InChI is InChI=1S/C22H29NO2Si/c1-17(24)21-20(15-16-23-21)25-26(22(2,3)4,18-11-7-5-8-12-18)19-13-9-6-10-14-19/h5-14,20-21,23H,15-16H2,1-4H3/i/hD. The lowest BCUT2D eigenvalue weighted by atomic mass is 10.1. The number of carbonyl (C=O) groups excluding carboxylic acids is 1. The van der Waals surface area contributed by atoms with Crippen molar-refractivity contribution in [1.29, 1.82) is 0 Å². The maximum Gasteiger partial charge on any atom is 0.261 e. The fourth-order valence-corrected chi connectivity index (χ4v) is 8.76. The van der Waals surface area contributed by atoms with Crippen LogP contribution in [0.1, 0.15) is 34.1 Å². The highest BCUT2D eigenvalue weighted by Gasteiger charge is 2.52. The van der Waals surface area contributed by atoms with Crippen LogP contribution < -0.4 is 15.7 Å². The molecule has 1 fully saturated rings. The number of carbonyl (C=O) groups is 1. The summed E-state index contributed by atoms with van der Waals surface area (Å²) in [5.74, 6) is 0.00503. The van der Waals surface area contributed by atoms with Crippen LogP contribution in [-0.4, -0.2) is 32.8 Å². The van der Waals surface area contributed by atoms with Gasteiger partial charge in [0.05, 0.1) is 12.1 Å². The number of hydrogen-bond donors (Lipinski definition) is 1. The first kappa shape index (κ1) is 17.7. The Morgan fingerprint density at radius 1 is 1.08 bits per heavy atom. The Hall–Kier alpha value is -1.75. The summed E-state index contributed by atoms with van der Waals surface area (Å²) in [6, 6.07) is 20.4. The SMILES string of the molecule is [2H]N1CCC(O[Si](c2ccccc2)(c2ccccc2)C(C)(C)C)C1C(C)=O. The van der Waals surface area contributed by atoms with Crippen molar-refractivity contribution in [3.63, 3.8) is 0 Å². The fourth-order valence-electron chi connectivity index (χ4n) is 4.05. The van der Waals surface area contributed by atoms with Crippen molar-refractivity contribution in [2.75, 3.05) is 6.54 Å². The van der Waals surface area contributed by atoms with Crippen molar-refractivity contribution in [3.8, 4) is 0 Å². The minimum atomic E-state index is -2.69. The van der Waals surface area contributed by atoms with Crippen molar-refractivity contribution in [2.24, 2.45) is 0 Å². The number of Topliss-reactive ketones (excluding diaryl/α,β-unsaturated/α-hetero) is 1. The molecule has 2 aromatic carbocycles. The Kier molecular flexibility index (Phi) is 5.07. The Labute approximate surface area is 159 Å². The molecular weight excluding hydrogens is 338 g/mol. The van der Waals surface area contributed by atoms with E-state index in [9.17, 15) is 4.79 Å². The van der Waals surface area contributed by atoms with E-state index in [0.29, 0.717) is 13.0 Å². The third-order valence-electron chi connectivity index (χ3n) is 5.25. The fraction of sp³-hybridized carbons (Fsp3) is 0.409. The maximum atomic E-state index is 12.2. The van der Waals surface area contributed by atoms with Gasteiger partial charge in [-0.3, -0.25) is 4.79 Å². The van der Waals surface area contributed by atoms with Crippen LogP contribution in [0.3, 0.4) is 0 Å². The Morgan fingerprint density at radius 3 is 2.00 bits per heavy atom. The highest BCUT2D eigenvalue weighted by Crippen LogP contribution is 2.38. The lowest BCUT2D eigenvalue weighted by Gasteiger charge is -2.45. The van der Waals surface area contributed by atoms with Gasteiger partial charge in [0.15, 0.2) is 0 Å². The van der Waals surface area contributed by atoms with Crippen LogP contribution in [0.5, 0.6) is 0 Å². The molecule has 1 N–H and O–H groups in total. The summed E-state index contributed by atoms with van der Waals surface area (Å²) < 4.78 is 15.2. The van der Waals surface area contributed by atoms with Crippen LogP contribution in [0.15, 0.2) is 60.7 Å². The second-order valence-corrected chi connectivity index (χ2v) is 12.3. The molecule has 1 saturated heterocycles. The minimum absolute atomic E-state index is 0.00503. The van der Waals surface area contributed by atoms with Crippen molar-refractivity contribution in [2.45, 2.75) is 51.3 Å². The summed E-state index contributed by atoms with van der Waals surface area (Å²) in [5, 5.41) is 3.67. The molecular formula is C22H29NO2Si. The van der Waals surface area contributed by atoms with Crippen LogP contribution >= 0.6 is 0 Å². The number of hydrogen-bond acceptors (Lipinski definition) is 3. The second-order valence-electron chi connectivity index (χ2n) is 8.07. The highest BCUT2D eigenvalue weighted by molar-refractivity contribution is 6.99. The monoisotopic (exact) mass is 368 g/mol. The largest absolute Gasteiger partial charge is 0.402 e. The van der Waals surface area contributed by atoms with E-state index in [0.717, 1.165) is 0 Å². The molecule has 1 aliphatic heterocycles. The van der Waals surface area contributed by atoms with Gasteiger partial charge in [-0.2, -0.15) is 0 Å². The quantitative estimate of drug-likeness (QED) is 0.825. The molecule has 3 nitrogen and oxygen atoms in total. The van der Waals surface area contributed by atoms with E-state index in [4.69, 9.17) is 5.84 Å². The zero-order chi connectivity index (χ0) is 19.7. The number of rotatable bonds is 5. The second kappa shape index (κ2) is 7.47. The van der Waals surface area contributed by atoms with Gasteiger partial charge in [-0.1, -0.05) is 81.4 Å². The van der Waals surface area contributed by atoms with E-state index in [2.05, 4.69) is 69.3 Å². The van der Waals surface area contributed by atoms with Gasteiger partial charge in [0.1, 0.15) is 7.20 Å². The summed E-state index contributed by atoms with van der Waals surface area (Å²) in [6.07, 6.45) is 0.449. The van der Waals surface area contributed by atoms with Gasteiger partial charge in [0.25, 0.3) is 8.32 Å². The molecule has 4 heteroatoms. The first-order valence-electron chi connectivity index (χ1n) is 9.77. The van der Waals surface area contributed by atoms with Gasteiger partial charge in [-0.05, 0) is 35.3 Å². The lowest BCUT2D eigenvalue weighted by molar-refractivity contribution is -0.120. The average molecular weight is 369 g/mol. The van der Waals surface area contributed by atoms with Gasteiger partial charge in [-0.25, -0.2) is 0 Å². The van der Waals surface area contributed by atoms with Crippen molar-refractivity contribution in [3.05, 3.63) is 60.7 Å². The highest BCUT2D eigenvalue weighted by atomic mass is 28.4. The molecule has 2 unspecified atom stereocenters. The molecule has 1 heterocycles. The van der Waals surface area contributed by atoms with Crippen LogP contribution in [-0.2, 0) is 9.22 Å².